The van der Waals surface area contributed by atoms with Crippen LogP contribution in [0, 0.1) is 5.92 Å². The smallest absolute Gasteiger partial charge is 0.251 e. The van der Waals surface area contributed by atoms with Crippen molar-refractivity contribution in [2.75, 3.05) is 0 Å². The summed E-state index contributed by atoms with van der Waals surface area (Å²) in [5.74, 6) is 0.197. The summed E-state index contributed by atoms with van der Waals surface area (Å²) in [5.41, 5.74) is 0.327. The second-order valence-corrected chi connectivity index (χ2v) is 8.97. The molecule has 0 spiro atoms. The van der Waals surface area contributed by atoms with Crippen molar-refractivity contribution in [1.29, 1.82) is 0 Å². The van der Waals surface area contributed by atoms with Crippen LogP contribution in [0.3, 0.4) is 0 Å². The number of carbonyl (C=O) groups is 1. The van der Waals surface area contributed by atoms with Gasteiger partial charge in [-0.25, -0.2) is 13.1 Å². The molecule has 0 saturated heterocycles. The van der Waals surface area contributed by atoms with Crippen molar-refractivity contribution in [3.63, 3.8) is 0 Å². The van der Waals surface area contributed by atoms with Gasteiger partial charge in [-0.05, 0) is 49.8 Å². The normalized spacial score (nSPS) is 24.6. The van der Waals surface area contributed by atoms with E-state index in [4.69, 9.17) is 11.6 Å². The zero-order valence-corrected chi connectivity index (χ0v) is 15.3. The Kier molecular flexibility index (Phi) is 5.18. The molecule has 0 heterocycles. The lowest BCUT2D eigenvalue weighted by Gasteiger charge is -2.29. The minimum Gasteiger partial charge on any atom is -0.349 e. The molecule has 1 aromatic carbocycles. The van der Waals surface area contributed by atoms with Gasteiger partial charge in [-0.3, -0.25) is 4.79 Å². The van der Waals surface area contributed by atoms with E-state index < -0.39 is 10.0 Å². The standard InChI is InChI=1S/C17H23ClN2O3S/c1-11-4-2-3-5-15(11)19-17(21)12-6-9-14(18)16(10-12)24(22,23)20-13-7-8-13/h6,9-11,13,15,20H,2-5,7-8H2,1H3,(H,19,21)/t11-,15+/m0/s1. The molecule has 0 radical (unpaired) electrons. The van der Waals surface area contributed by atoms with Crippen LogP contribution in [0.2, 0.25) is 5.02 Å². The monoisotopic (exact) mass is 370 g/mol. The molecule has 2 saturated carbocycles. The van der Waals surface area contributed by atoms with E-state index in [1.807, 2.05) is 0 Å². The minimum absolute atomic E-state index is 0.00774. The maximum atomic E-state index is 12.5. The minimum atomic E-state index is -3.69. The number of sulfonamides is 1. The second kappa shape index (κ2) is 7.02. The van der Waals surface area contributed by atoms with Crippen molar-refractivity contribution in [1.82, 2.24) is 10.0 Å². The summed E-state index contributed by atoms with van der Waals surface area (Å²) in [6, 6.07) is 4.55. The molecule has 3 rings (SSSR count). The first-order valence-electron chi connectivity index (χ1n) is 8.49. The predicted octanol–water partition coefficient (Wildman–Crippen LogP) is 3.09. The number of amides is 1. The molecule has 5 nitrogen and oxygen atoms in total. The molecule has 2 fully saturated rings. The topological polar surface area (TPSA) is 75.3 Å². The van der Waals surface area contributed by atoms with E-state index in [-0.39, 0.29) is 27.9 Å². The number of benzene rings is 1. The second-order valence-electron chi connectivity index (χ2n) is 6.88. The fourth-order valence-electron chi connectivity index (χ4n) is 3.12. The molecule has 0 aliphatic heterocycles. The summed E-state index contributed by atoms with van der Waals surface area (Å²) in [7, 11) is -3.69. The van der Waals surface area contributed by atoms with E-state index in [0.29, 0.717) is 11.5 Å². The van der Waals surface area contributed by atoms with Crippen LogP contribution in [0.5, 0.6) is 0 Å². The number of nitrogens with one attached hydrogen (secondary N) is 2. The average molecular weight is 371 g/mol. The molecule has 1 amide bonds. The Morgan fingerprint density at radius 1 is 1.17 bits per heavy atom. The summed E-state index contributed by atoms with van der Waals surface area (Å²) in [6.45, 7) is 2.14. The highest BCUT2D eigenvalue weighted by Crippen LogP contribution is 2.28. The van der Waals surface area contributed by atoms with Crippen LogP contribution < -0.4 is 10.0 Å². The fourth-order valence-corrected chi connectivity index (χ4v) is 4.95. The summed E-state index contributed by atoms with van der Waals surface area (Å²) >= 11 is 6.05. The first-order chi connectivity index (χ1) is 11.4. The largest absolute Gasteiger partial charge is 0.349 e. The number of halogens is 1. The van der Waals surface area contributed by atoms with E-state index in [0.717, 1.165) is 32.1 Å². The van der Waals surface area contributed by atoms with Crippen LogP contribution >= 0.6 is 11.6 Å². The van der Waals surface area contributed by atoms with Gasteiger partial charge < -0.3 is 5.32 Å². The van der Waals surface area contributed by atoms with Gasteiger partial charge in [0.1, 0.15) is 4.90 Å². The summed E-state index contributed by atoms with van der Waals surface area (Å²) < 4.78 is 27.4. The Labute approximate surface area is 148 Å². The number of hydrogen-bond acceptors (Lipinski definition) is 3. The summed E-state index contributed by atoms with van der Waals surface area (Å²) in [5, 5.41) is 3.17. The van der Waals surface area contributed by atoms with Crippen molar-refractivity contribution >= 4 is 27.5 Å². The molecular formula is C17H23ClN2O3S. The molecule has 2 atom stereocenters. The maximum absolute atomic E-state index is 12.5. The van der Waals surface area contributed by atoms with E-state index in [1.165, 1.54) is 18.6 Å². The Morgan fingerprint density at radius 3 is 2.54 bits per heavy atom. The molecule has 0 aromatic heterocycles. The molecule has 132 valence electrons. The molecule has 7 heteroatoms. The molecule has 1 aromatic rings. The van der Waals surface area contributed by atoms with Crippen LogP contribution in [-0.2, 0) is 10.0 Å². The highest BCUT2D eigenvalue weighted by atomic mass is 35.5. The quantitative estimate of drug-likeness (QED) is 0.836. The molecule has 24 heavy (non-hydrogen) atoms. The van der Waals surface area contributed by atoms with E-state index in [9.17, 15) is 13.2 Å². The van der Waals surface area contributed by atoms with Crippen molar-refractivity contribution in [2.24, 2.45) is 5.92 Å². The predicted molar refractivity (Wildman–Crippen MR) is 93.7 cm³/mol. The van der Waals surface area contributed by atoms with Gasteiger partial charge in [0.2, 0.25) is 10.0 Å². The lowest BCUT2D eigenvalue weighted by atomic mass is 9.86. The molecule has 2 aliphatic carbocycles. The van der Waals surface area contributed by atoms with Gasteiger partial charge in [-0.1, -0.05) is 31.4 Å². The van der Waals surface area contributed by atoms with Crippen LogP contribution in [-0.4, -0.2) is 26.4 Å². The van der Waals surface area contributed by atoms with Gasteiger partial charge in [-0.15, -0.1) is 0 Å². The first-order valence-corrected chi connectivity index (χ1v) is 10.4. The fraction of sp³-hybridized carbons (Fsp3) is 0.588. The van der Waals surface area contributed by atoms with Crippen LogP contribution in [0.25, 0.3) is 0 Å². The third-order valence-corrected chi connectivity index (χ3v) is 6.81. The zero-order chi connectivity index (χ0) is 17.3. The van der Waals surface area contributed by atoms with Crippen molar-refractivity contribution in [3.05, 3.63) is 28.8 Å². The highest BCUT2D eigenvalue weighted by Gasteiger charge is 2.30. The van der Waals surface area contributed by atoms with E-state index in [1.54, 1.807) is 6.07 Å². The van der Waals surface area contributed by atoms with E-state index in [2.05, 4.69) is 17.0 Å². The molecule has 2 N–H and O–H groups in total. The number of rotatable bonds is 5. The van der Waals surface area contributed by atoms with E-state index >= 15 is 0 Å². The van der Waals surface area contributed by atoms with Gasteiger partial charge in [0.05, 0.1) is 5.02 Å². The van der Waals surface area contributed by atoms with Gasteiger partial charge in [0, 0.05) is 17.6 Å². The zero-order valence-electron chi connectivity index (χ0n) is 13.7. The highest BCUT2D eigenvalue weighted by molar-refractivity contribution is 7.89. The van der Waals surface area contributed by atoms with Crippen molar-refractivity contribution in [3.8, 4) is 0 Å². The molecule has 0 unspecified atom stereocenters. The Morgan fingerprint density at radius 2 is 1.88 bits per heavy atom. The van der Waals surface area contributed by atoms with Gasteiger partial charge in [0.25, 0.3) is 5.91 Å². The third kappa shape index (κ3) is 4.10. The molecular weight excluding hydrogens is 348 g/mol. The Hall–Kier alpha value is -1.11. The van der Waals surface area contributed by atoms with Gasteiger partial charge in [0.15, 0.2) is 0 Å². The van der Waals surface area contributed by atoms with Gasteiger partial charge >= 0.3 is 0 Å². The van der Waals surface area contributed by atoms with Crippen molar-refractivity contribution in [2.45, 2.75) is 62.4 Å². The van der Waals surface area contributed by atoms with Crippen molar-refractivity contribution < 1.29 is 13.2 Å². The van der Waals surface area contributed by atoms with Crippen LogP contribution in [0.1, 0.15) is 55.8 Å². The lowest BCUT2D eigenvalue weighted by molar-refractivity contribution is 0.0910. The van der Waals surface area contributed by atoms with Crippen LogP contribution in [0.15, 0.2) is 23.1 Å². The van der Waals surface area contributed by atoms with Gasteiger partial charge in [-0.2, -0.15) is 0 Å². The number of carbonyl (C=O) groups excluding carboxylic acids is 1. The molecule has 2 aliphatic rings. The first kappa shape index (κ1) is 17.7. The third-order valence-electron chi connectivity index (χ3n) is 4.81. The summed E-state index contributed by atoms with van der Waals surface area (Å²) in [6.07, 6.45) is 6.07. The molecule has 0 bridgehead atoms. The number of hydrogen-bond donors (Lipinski definition) is 2. The SMILES string of the molecule is C[C@H]1CCCC[C@H]1NC(=O)c1ccc(Cl)c(S(=O)(=O)NC2CC2)c1. The maximum Gasteiger partial charge on any atom is 0.251 e. The Balaban J connectivity index is 1.78. The summed E-state index contributed by atoms with van der Waals surface area (Å²) in [4.78, 5) is 12.5. The average Bonchev–Trinajstić information content (AvgIpc) is 3.33. The lowest BCUT2D eigenvalue weighted by Crippen LogP contribution is -2.41. The Bertz CT molecular complexity index is 731. The van der Waals surface area contributed by atoms with Crippen LogP contribution in [0.4, 0.5) is 0 Å².